The average Bonchev–Trinajstić information content (AvgIpc) is 4.08. The number of thiazole rings is 1. The minimum Gasteiger partial charge on any atom is -0.507 e. The maximum Gasteiger partial charge on any atom is 0.246 e. The topological polar surface area (TPSA) is 219 Å². The fourth-order valence-electron chi connectivity index (χ4n) is 12.0. The molecule has 3 aromatic heterocycles. The first-order valence-electron chi connectivity index (χ1n) is 25.7. The molecule has 7 heterocycles. The van der Waals surface area contributed by atoms with Crippen molar-refractivity contribution in [1.29, 1.82) is 0 Å². The van der Waals surface area contributed by atoms with E-state index >= 15 is 0 Å². The molecule has 1 aliphatic carbocycles. The van der Waals surface area contributed by atoms with E-state index in [-0.39, 0.29) is 43.0 Å². The number of likely N-dealkylation sites (tertiary alicyclic amines) is 2. The molecule has 1 saturated carbocycles. The summed E-state index contributed by atoms with van der Waals surface area (Å²) in [5.41, 5.74) is 14.1. The number of piperazine rings is 1. The van der Waals surface area contributed by atoms with Gasteiger partial charge in [-0.15, -0.1) is 21.5 Å². The lowest BCUT2D eigenvalue weighted by Crippen LogP contribution is -2.58. The van der Waals surface area contributed by atoms with E-state index in [0.717, 1.165) is 99.4 Å². The Hall–Kier alpha value is -6.24. The fourth-order valence-corrected chi connectivity index (χ4v) is 12.8. The minimum atomic E-state index is -0.888. The lowest BCUT2D eigenvalue weighted by atomic mass is 9.81. The van der Waals surface area contributed by atoms with Gasteiger partial charge in [-0.25, -0.2) is 15.0 Å². The van der Waals surface area contributed by atoms with Crippen molar-refractivity contribution >= 4 is 46.3 Å². The van der Waals surface area contributed by atoms with Crippen LogP contribution in [0.25, 0.3) is 21.7 Å². The Morgan fingerprint density at radius 2 is 1.53 bits per heavy atom. The van der Waals surface area contributed by atoms with Crippen LogP contribution in [0, 0.1) is 18.3 Å². The normalized spacial score (nSPS) is 24.3. The molecule has 72 heavy (non-hydrogen) atoms. The Balaban J connectivity index is 0.686. The molecule has 2 unspecified atom stereocenters. The molecule has 2 aromatic carbocycles. The highest BCUT2D eigenvalue weighted by atomic mass is 32.1. The molecule has 3 amide bonds. The van der Waals surface area contributed by atoms with Gasteiger partial charge in [-0.1, -0.05) is 45.0 Å². The number of para-hydroxylation sites is 1. The van der Waals surface area contributed by atoms with Crippen LogP contribution in [-0.2, 0) is 20.9 Å². The molecule has 380 valence electrons. The summed E-state index contributed by atoms with van der Waals surface area (Å²) in [6, 6.07) is 17.8. The van der Waals surface area contributed by atoms with Gasteiger partial charge >= 0.3 is 0 Å². The number of rotatable bonds is 12. The highest BCUT2D eigenvalue weighted by Gasteiger charge is 2.46. The maximum absolute atomic E-state index is 14.3. The smallest absolute Gasteiger partial charge is 0.246 e. The zero-order chi connectivity index (χ0) is 50.3. The van der Waals surface area contributed by atoms with Gasteiger partial charge in [0, 0.05) is 79.3 Å². The third kappa shape index (κ3) is 10.4. The van der Waals surface area contributed by atoms with E-state index in [1.54, 1.807) is 30.0 Å². The number of β-amino-alcohol motifs (C(OH)–C–C–N with tert-alkyl or cyclic N) is 1. The Morgan fingerprint density at radius 3 is 2.18 bits per heavy atom. The number of nitrogens with zero attached hydrogens (tertiary/aromatic N) is 9. The van der Waals surface area contributed by atoms with Gasteiger partial charge in [0.05, 0.1) is 40.1 Å². The van der Waals surface area contributed by atoms with Gasteiger partial charge in [-0.05, 0) is 119 Å². The number of nitrogens with two attached hydrogens (primary N) is 1. The number of phenols is 1. The van der Waals surface area contributed by atoms with Gasteiger partial charge in [0.25, 0.3) is 0 Å². The molecular weight excluding hydrogens is 929 g/mol. The van der Waals surface area contributed by atoms with Crippen LogP contribution in [0.15, 0.2) is 72.5 Å². The van der Waals surface area contributed by atoms with Gasteiger partial charge < -0.3 is 46.2 Å². The molecule has 5 aliphatic rings. The summed E-state index contributed by atoms with van der Waals surface area (Å²) in [6.07, 6.45) is 10.5. The molecule has 6 N–H and O–H groups in total. The number of hydrogen-bond acceptors (Lipinski definition) is 15. The molecule has 4 saturated heterocycles. The number of phenolic OH excluding ortho intramolecular Hbond substituents is 1. The largest absolute Gasteiger partial charge is 0.507 e. The van der Waals surface area contributed by atoms with Crippen molar-refractivity contribution < 1.29 is 24.6 Å². The van der Waals surface area contributed by atoms with E-state index in [1.807, 2.05) is 45.9 Å². The Bertz CT molecular complexity index is 2720. The quantitative estimate of drug-likeness (QED) is 0.0961. The van der Waals surface area contributed by atoms with E-state index in [2.05, 4.69) is 74.7 Å². The standard InChI is InChI=1S/C54H68N12O5S/c1-32-48(72-31-59-32)36-25-56-47(57-26-36)27-58-52(70)45-23-41(67)30-65(45)53(71)49(54(2,3)4)60-51(69)35-11-13-37(14-12-35)63-21-19-34(20-22-63)33-9-15-38(16-10-33)66-39-17-18-40(66)29-64(28-39)44-24-43(61-62-50(44)55)42-7-5-6-8-46(42)68/h5-10,15-16,24-26,31,34-35,37,39-41,45,49,67-68H,11-14,17-23,27-30H2,1-4H3,(H2,55,62)(H,58,70)(H,60,69)/t35-,37+,39?,40?,41-,45+,49-/m1/s1. The van der Waals surface area contributed by atoms with E-state index in [1.165, 1.54) is 27.5 Å². The van der Waals surface area contributed by atoms with Crippen molar-refractivity contribution in [2.24, 2.45) is 11.3 Å². The number of anilines is 3. The van der Waals surface area contributed by atoms with Gasteiger partial charge in [-0.2, -0.15) is 0 Å². The number of aromatic nitrogens is 5. The molecule has 5 atom stereocenters. The highest BCUT2D eigenvalue weighted by molar-refractivity contribution is 7.13. The SMILES string of the molecule is Cc1ncsc1-c1cnc(CNC(=O)[C@@H]2C[C@@H](O)CN2C(=O)[C@@H](NC(=O)[C@H]2CC[C@@H](N3CCC(c4ccc(N5C6CCC5CN(c5cc(-c7ccccc7O)nnc5N)C6)cc4)CC3)CC2)C(C)(C)C)nc1. The van der Waals surface area contributed by atoms with Crippen molar-refractivity contribution in [1.82, 2.24) is 45.6 Å². The van der Waals surface area contributed by atoms with Gasteiger partial charge in [0.15, 0.2) is 5.82 Å². The average molecular weight is 997 g/mol. The summed E-state index contributed by atoms with van der Waals surface area (Å²) in [6.45, 7) is 11.5. The number of hydrogen-bond donors (Lipinski definition) is 5. The maximum atomic E-state index is 14.3. The number of amides is 3. The second-order valence-corrected chi connectivity index (χ2v) is 22.6. The van der Waals surface area contributed by atoms with Crippen molar-refractivity contribution in [3.8, 4) is 27.4 Å². The number of carbonyl (C=O) groups is 3. The molecule has 10 rings (SSSR count). The summed E-state index contributed by atoms with van der Waals surface area (Å²) >= 11 is 1.51. The molecular formula is C54H68N12O5S. The summed E-state index contributed by atoms with van der Waals surface area (Å²) in [5, 5.41) is 35.8. The molecule has 5 aromatic rings. The Morgan fingerprint density at radius 1 is 0.847 bits per heavy atom. The number of aliphatic hydroxyl groups excluding tert-OH is 1. The predicted octanol–water partition coefficient (Wildman–Crippen LogP) is 6.06. The summed E-state index contributed by atoms with van der Waals surface area (Å²) in [4.78, 5) is 65.0. The molecule has 0 spiro atoms. The number of carbonyl (C=O) groups excluding carboxylic acids is 3. The van der Waals surface area contributed by atoms with E-state index in [4.69, 9.17) is 5.73 Å². The van der Waals surface area contributed by atoms with Crippen LogP contribution < -0.4 is 26.2 Å². The number of aliphatic hydroxyl groups is 1. The Kier molecular flexibility index (Phi) is 14.2. The van der Waals surface area contributed by atoms with E-state index in [0.29, 0.717) is 46.9 Å². The zero-order valence-electron chi connectivity index (χ0n) is 41.8. The number of aromatic hydroxyl groups is 1. The molecule has 17 nitrogen and oxygen atoms in total. The van der Waals surface area contributed by atoms with Gasteiger partial charge in [-0.3, -0.25) is 14.4 Å². The van der Waals surface area contributed by atoms with E-state index < -0.39 is 29.5 Å². The first-order chi connectivity index (χ1) is 34.7. The summed E-state index contributed by atoms with van der Waals surface area (Å²) in [5.74, 6) is 0.427. The van der Waals surface area contributed by atoms with Crippen LogP contribution in [0.1, 0.15) is 102 Å². The van der Waals surface area contributed by atoms with Crippen LogP contribution >= 0.6 is 11.3 Å². The van der Waals surface area contributed by atoms with Crippen LogP contribution in [0.3, 0.4) is 0 Å². The highest BCUT2D eigenvalue weighted by Crippen LogP contribution is 2.41. The van der Waals surface area contributed by atoms with Crippen LogP contribution in [-0.4, -0.2) is 132 Å². The lowest BCUT2D eigenvalue weighted by molar-refractivity contribution is -0.144. The minimum absolute atomic E-state index is 0.0129. The van der Waals surface area contributed by atoms with Crippen LogP contribution in [0.5, 0.6) is 5.75 Å². The third-order valence-corrected chi connectivity index (χ3v) is 17.0. The van der Waals surface area contributed by atoms with Crippen LogP contribution in [0.2, 0.25) is 0 Å². The predicted molar refractivity (Wildman–Crippen MR) is 278 cm³/mol. The van der Waals surface area contributed by atoms with Crippen molar-refractivity contribution in [2.45, 2.75) is 134 Å². The fraction of sp³-hybridized carbons (Fsp3) is 0.519. The summed E-state index contributed by atoms with van der Waals surface area (Å²) in [7, 11) is 0. The van der Waals surface area contributed by atoms with Gasteiger partial charge in [0.1, 0.15) is 23.7 Å². The van der Waals surface area contributed by atoms with E-state index in [9.17, 15) is 24.6 Å². The number of fused-ring (bicyclic) bond motifs is 2. The monoisotopic (exact) mass is 997 g/mol. The van der Waals surface area contributed by atoms with Crippen molar-refractivity contribution in [3.05, 3.63) is 89.6 Å². The second kappa shape index (κ2) is 20.7. The lowest BCUT2D eigenvalue weighted by Gasteiger charge is -2.44. The molecule has 2 bridgehead atoms. The van der Waals surface area contributed by atoms with Crippen molar-refractivity contribution in [3.63, 3.8) is 0 Å². The molecule has 5 fully saturated rings. The van der Waals surface area contributed by atoms with Crippen molar-refractivity contribution in [2.75, 3.05) is 48.3 Å². The number of benzene rings is 2. The summed E-state index contributed by atoms with van der Waals surface area (Å²) < 4.78 is 0. The van der Waals surface area contributed by atoms with Gasteiger partial charge in [0.2, 0.25) is 17.7 Å². The molecule has 0 radical (unpaired) electrons. The zero-order valence-corrected chi connectivity index (χ0v) is 42.6. The number of piperidine rings is 1. The molecule has 18 heteroatoms. The molecule has 4 aliphatic heterocycles. The Labute approximate surface area is 425 Å². The first kappa shape index (κ1) is 49.3. The number of nitrogen functional groups attached to an aromatic ring is 1. The van der Waals surface area contributed by atoms with Crippen LogP contribution in [0.4, 0.5) is 17.2 Å². The number of nitrogens with one attached hydrogen (secondary N) is 2. The third-order valence-electron chi connectivity index (χ3n) is 16.0. The number of aryl methyl sites for hydroxylation is 1. The second-order valence-electron chi connectivity index (χ2n) is 21.7. The first-order valence-corrected chi connectivity index (χ1v) is 26.6.